The molecule has 0 saturated carbocycles. The Morgan fingerprint density at radius 2 is 2.26 bits per heavy atom. The van der Waals surface area contributed by atoms with Gasteiger partial charge in [0.1, 0.15) is 0 Å². The monoisotopic (exact) mass is 284 g/mol. The number of methoxy groups -OCH3 is 1. The number of thiophene rings is 1. The summed E-state index contributed by atoms with van der Waals surface area (Å²) in [5.74, 6) is -0.939. The van der Waals surface area contributed by atoms with Crippen molar-refractivity contribution in [3.05, 3.63) is 28.0 Å². The Morgan fingerprint density at radius 1 is 1.53 bits per heavy atom. The molecule has 0 aliphatic heterocycles. The molecule has 0 aliphatic rings. The SMILES string of the molecule is COC(C)(C)CCOCc1cc(/C=C/C(=O)O)cs1. The van der Waals surface area contributed by atoms with E-state index in [-0.39, 0.29) is 5.60 Å². The summed E-state index contributed by atoms with van der Waals surface area (Å²) in [6.45, 7) is 5.23. The highest BCUT2D eigenvalue weighted by Crippen LogP contribution is 2.18. The van der Waals surface area contributed by atoms with Crippen LogP contribution in [0.5, 0.6) is 0 Å². The van der Waals surface area contributed by atoms with Crippen molar-refractivity contribution in [2.75, 3.05) is 13.7 Å². The van der Waals surface area contributed by atoms with E-state index < -0.39 is 5.97 Å². The van der Waals surface area contributed by atoms with Crippen molar-refractivity contribution in [1.82, 2.24) is 0 Å². The fourth-order valence-electron chi connectivity index (χ4n) is 1.32. The number of hydrogen-bond acceptors (Lipinski definition) is 4. The molecule has 1 heterocycles. The normalized spacial score (nSPS) is 12.2. The maximum absolute atomic E-state index is 10.4. The van der Waals surface area contributed by atoms with Gasteiger partial charge < -0.3 is 14.6 Å². The summed E-state index contributed by atoms with van der Waals surface area (Å²) in [5.41, 5.74) is 0.730. The van der Waals surface area contributed by atoms with Gasteiger partial charge in [0, 0.05) is 24.7 Å². The molecular formula is C14H20O4S. The predicted molar refractivity (Wildman–Crippen MR) is 76.3 cm³/mol. The van der Waals surface area contributed by atoms with Gasteiger partial charge in [-0.15, -0.1) is 11.3 Å². The number of hydrogen-bond donors (Lipinski definition) is 1. The molecule has 0 fully saturated rings. The van der Waals surface area contributed by atoms with Gasteiger partial charge >= 0.3 is 5.97 Å². The highest BCUT2D eigenvalue weighted by atomic mass is 32.1. The zero-order valence-corrected chi connectivity index (χ0v) is 12.3. The summed E-state index contributed by atoms with van der Waals surface area (Å²) in [7, 11) is 1.69. The minimum absolute atomic E-state index is 0.162. The Bertz CT molecular complexity index is 434. The summed E-state index contributed by atoms with van der Waals surface area (Å²) in [5, 5.41) is 10.4. The third kappa shape index (κ3) is 6.52. The maximum Gasteiger partial charge on any atom is 0.328 e. The van der Waals surface area contributed by atoms with Crippen LogP contribution < -0.4 is 0 Å². The van der Waals surface area contributed by atoms with E-state index in [2.05, 4.69) is 0 Å². The second-order valence-corrected chi connectivity index (χ2v) is 5.78. The first-order valence-corrected chi connectivity index (χ1v) is 6.92. The number of carboxylic acids is 1. The van der Waals surface area contributed by atoms with Crippen molar-refractivity contribution in [2.24, 2.45) is 0 Å². The lowest BCUT2D eigenvalue weighted by molar-refractivity contribution is -0.131. The number of carboxylic acid groups (broad SMARTS) is 1. The van der Waals surface area contributed by atoms with Gasteiger partial charge in [0.25, 0.3) is 0 Å². The molecule has 0 amide bonds. The van der Waals surface area contributed by atoms with Gasteiger partial charge in [-0.1, -0.05) is 0 Å². The molecule has 0 bridgehead atoms. The van der Waals surface area contributed by atoms with Crippen LogP contribution in [0.25, 0.3) is 6.08 Å². The van der Waals surface area contributed by atoms with Gasteiger partial charge in [0.15, 0.2) is 0 Å². The zero-order chi connectivity index (χ0) is 14.3. The number of carbonyl (C=O) groups is 1. The summed E-state index contributed by atoms with van der Waals surface area (Å²) in [6, 6.07) is 1.94. The Labute approximate surface area is 117 Å². The first kappa shape index (κ1) is 15.9. The second kappa shape index (κ2) is 7.43. The molecule has 5 heteroatoms. The summed E-state index contributed by atoms with van der Waals surface area (Å²) in [4.78, 5) is 11.5. The van der Waals surface area contributed by atoms with Crippen LogP contribution in [-0.2, 0) is 20.9 Å². The van der Waals surface area contributed by atoms with Crippen molar-refractivity contribution in [2.45, 2.75) is 32.5 Å². The highest BCUT2D eigenvalue weighted by Gasteiger charge is 2.15. The fourth-order valence-corrected chi connectivity index (χ4v) is 2.11. The minimum atomic E-state index is -0.939. The molecule has 0 spiro atoms. The molecule has 0 aromatic carbocycles. The molecule has 0 atom stereocenters. The Hall–Kier alpha value is -1.17. The molecule has 0 saturated heterocycles. The minimum Gasteiger partial charge on any atom is -0.478 e. The van der Waals surface area contributed by atoms with Crippen LogP contribution in [0.15, 0.2) is 17.5 Å². The van der Waals surface area contributed by atoms with Gasteiger partial charge in [-0.25, -0.2) is 4.79 Å². The average Bonchev–Trinajstić information content (AvgIpc) is 2.80. The fraction of sp³-hybridized carbons (Fsp3) is 0.500. The van der Waals surface area contributed by atoms with E-state index in [1.54, 1.807) is 24.5 Å². The van der Waals surface area contributed by atoms with Crippen molar-refractivity contribution in [3.63, 3.8) is 0 Å². The molecule has 4 nitrogen and oxygen atoms in total. The van der Waals surface area contributed by atoms with Gasteiger partial charge in [-0.05, 0) is 43.4 Å². The lowest BCUT2D eigenvalue weighted by atomic mass is 10.1. The zero-order valence-electron chi connectivity index (χ0n) is 11.5. The molecular weight excluding hydrogens is 264 g/mol. The van der Waals surface area contributed by atoms with Gasteiger partial charge in [0.05, 0.1) is 12.2 Å². The van der Waals surface area contributed by atoms with Crippen LogP contribution in [-0.4, -0.2) is 30.4 Å². The maximum atomic E-state index is 10.4. The third-order valence-electron chi connectivity index (χ3n) is 2.74. The highest BCUT2D eigenvalue weighted by molar-refractivity contribution is 7.10. The summed E-state index contributed by atoms with van der Waals surface area (Å²) < 4.78 is 10.9. The van der Waals surface area contributed by atoms with E-state index in [9.17, 15) is 4.79 Å². The second-order valence-electron chi connectivity index (χ2n) is 4.78. The molecule has 1 aromatic rings. The van der Waals surface area contributed by atoms with Crippen LogP contribution in [0, 0.1) is 0 Å². The molecule has 1 N–H and O–H groups in total. The number of ether oxygens (including phenoxy) is 2. The number of aliphatic carboxylic acids is 1. The van der Waals surface area contributed by atoms with Crippen LogP contribution in [0.1, 0.15) is 30.7 Å². The smallest absolute Gasteiger partial charge is 0.328 e. The van der Waals surface area contributed by atoms with Gasteiger partial charge in [0.2, 0.25) is 0 Å². The summed E-state index contributed by atoms with van der Waals surface area (Å²) in [6.07, 6.45) is 3.55. The quantitative estimate of drug-likeness (QED) is 0.588. The van der Waals surface area contributed by atoms with E-state index in [0.717, 1.165) is 22.9 Å². The van der Waals surface area contributed by atoms with Crippen LogP contribution >= 0.6 is 11.3 Å². The first-order chi connectivity index (χ1) is 8.93. The molecule has 0 unspecified atom stereocenters. The van der Waals surface area contributed by atoms with Crippen LogP contribution in [0.2, 0.25) is 0 Å². The molecule has 1 aromatic heterocycles. The third-order valence-corrected chi connectivity index (χ3v) is 3.67. The van der Waals surface area contributed by atoms with E-state index in [0.29, 0.717) is 13.2 Å². The molecule has 1 rings (SSSR count). The average molecular weight is 284 g/mol. The van der Waals surface area contributed by atoms with Crippen LogP contribution in [0.4, 0.5) is 0 Å². The molecule has 19 heavy (non-hydrogen) atoms. The molecule has 106 valence electrons. The molecule has 0 radical (unpaired) electrons. The summed E-state index contributed by atoms with van der Waals surface area (Å²) >= 11 is 1.56. The van der Waals surface area contributed by atoms with Crippen LogP contribution in [0.3, 0.4) is 0 Å². The predicted octanol–water partition coefficient (Wildman–Crippen LogP) is 3.18. The molecule has 0 aliphatic carbocycles. The van der Waals surface area contributed by atoms with Crippen molar-refractivity contribution in [1.29, 1.82) is 0 Å². The Kier molecular flexibility index (Phi) is 6.21. The largest absolute Gasteiger partial charge is 0.478 e. The van der Waals surface area contributed by atoms with Crippen molar-refractivity contribution >= 4 is 23.4 Å². The first-order valence-electron chi connectivity index (χ1n) is 6.04. The van der Waals surface area contributed by atoms with Gasteiger partial charge in [-0.2, -0.15) is 0 Å². The van der Waals surface area contributed by atoms with E-state index in [4.69, 9.17) is 14.6 Å². The number of rotatable bonds is 8. The lowest BCUT2D eigenvalue weighted by Crippen LogP contribution is -2.24. The lowest BCUT2D eigenvalue weighted by Gasteiger charge is -2.22. The van der Waals surface area contributed by atoms with Crippen molar-refractivity contribution < 1.29 is 19.4 Å². The Morgan fingerprint density at radius 3 is 2.89 bits per heavy atom. The van der Waals surface area contributed by atoms with E-state index in [1.165, 1.54) is 0 Å². The topological polar surface area (TPSA) is 55.8 Å². The standard InChI is InChI=1S/C14H20O4S/c1-14(2,17-3)6-7-18-9-12-8-11(10-19-12)4-5-13(15)16/h4-5,8,10H,6-7,9H2,1-3H3,(H,15,16)/b5-4+. The van der Waals surface area contributed by atoms with Gasteiger partial charge in [-0.3, -0.25) is 0 Å². The Balaban J connectivity index is 2.33. The van der Waals surface area contributed by atoms with E-state index >= 15 is 0 Å². The van der Waals surface area contributed by atoms with E-state index in [1.807, 2.05) is 25.3 Å². The van der Waals surface area contributed by atoms with Crippen molar-refractivity contribution in [3.8, 4) is 0 Å².